The summed E-state index contributed by atoms with van der Waals surface area (Å²) in [6.07, 6.45) is 5.40. The normalized spacial score (nSPS) is 14.5. The van der Waals surface area contributed by atoms with Crippen LogP contribution in [0.3, 0.4) is 0 Å². The second kappa shape index (κ2) is 8.91. The maximum absolute atomic E-state index is 6.01. The number of rotatable bonds is 6. The van der Waals surface area contributed by atoms with Crippen LogP contribution in [0, 0.1) is 6.92 Å². The summed E-state index contributed by atoms with van der Waals surface area (Å²) in [7, 11) is 0. The molecule has 0 aliphatic carbocycles. The lowest BCUT2D eigenvalue weighted by Gasteiger charge is -2.13. The molecule has 0 bridgehead atoms. The summed E-state index contributed by atoms with van der Waals surface area (Å²) in [5.74, 6) is 2.81. The summed E-state index contributed by atoms with van der Waals surface area (Å²) >= 11 is 6.01. The number of benzene rings is 2. The number of hydrogen-bond acceptors (Lipinski definition) is 7. The molecule has 8 heteroatoms. The van der Waals surface area contributed by atoms with Crippen molar-refractivity contribution < 1.29 is 9.47 Å². The monoisotopic (exact) mass is 473 g/mol. The van der Waals surface area contributed by atoms with Crippen LogP contribution in [-0.2, 0) is 11.2 Å². The Balaban J connectivity index is 1.38. The Labute approximate surface area is 202 Å². The van der Waals surface area contributed by atoms with E-state index in [1.807, 2.05) is 31.2 Å². The van der Waals surface area contributed by atoms with Crippen molar-refractivity contribution in [2.24, 2.45) is 4.99 Å². The molecule has 0 saturated heterocycles. The number of anilines is 2. The molecule has 0 radical (unpaired) electrons. The lowest BCUT2D eigenvalue weighted by molar-refractivity contribution is 0.275. The Morgan fingerprint density at radius 2 is 1.97 bits per heavy atom. The molecule has 1 aliphatic rings. The lowest BCUT2D eigenvalue weighted by atomic mass is 10.1. The smallest absolute Gasteiger partial charge is 0.188 e. The molecule has 5 rings (SSSR count). The highest BCUT2D eigenvalue weighted by Gasteiger charge is 2.26. The van der Waals surface area contributed by atoms with Gasteiger partial charge in [0.15, 0.2) is 5.90 Å². The molecule has 172 valence electrons. The second-order valence-electron chi connectivity index (χ2n) is 8.90. The van der Waals surface area contributed by atoms with Crippen molar-refractivity contribution in [2.75, 3.05) is 11.9 Å². The first kappa shape index (κ1) is 22.1. The average molecular weight is 474 g/mol. The van der Waals surface area contributed by atoms with Crippen LogP contribution in [0.15, 0.2) is 66.2 Å². The van der Waals surface area contributed by atoms with Gasteiger partial charge in [0.2, 0.25) is 0 Å². The summed E-state index contributed by atoms with van der Waals surface area (Å²) in [6, 6.07) is 13.7. The highest BCUT2D eigenvalue weighted by atomic mass is 35.5. The molecule has 0 unspecified atom stereocenters. The van der Waals surface area contributed by atoms with Crippen LogP contribution in [0.4, 0.5) is 11.5 Å². The van der Waals surface area contributed by atoms with Crippen LogP contribution in [0.25, 0.3) is 10.9 Å². The fourth-order valence-corrected chi connectivity index (χ4v) is 3.96. The Morgan fingerprint density at radius 3 is 2.74 bits per heavy atom. The maximum atomic E-state index is 6.01. The summed E-state index contributed by atoms with van der Waals surface area (Å²) in [5, 5.41) is 4.88. The molecule has 4 aromatic rings. The van der Waals surface area contributed by atoms with E-state index in [1.165, 1.54) is 0 Å². The van der Waals surface area contributed by atoms with E-state index >= 15 is 0 Å². The molecule has 2 aromatic carbocycles. The minimum atomic E-state index is -0.168. The number of ether oxygens (including phenoxy) is 2. The first-order valence-corrected chi connectivity index (χ1v) is 11.3. The minimum Gasteiger partial charge on any atom is -0.478 e. The molecule has 7 nitrogen and oxygen atoms in total. The number of fused-ring (bicyclic) bond motifs is 1. The highest BCUT2D eigenvalue weighted by molar-refractivity contribution is 6.30. The van der Waals surface area contributed by atoms with Gasteiger partial charge in [-0.15, -0.1) is 0 Å². The summed E-state index contributed by atoms with van der Waals surface area (Å²) < 4.78 is 11.7. The summed E-state index contributed by atoms with van der Waals surface area (Å²) in [5.41, 5.74) is 3.64. The van der Waals surface area contributed by atoms with Gasteiger partial charge in [-0.3, -0.25) is 4.98 Å². The molecule has 2 aromatic heterocycles. The Kier molecular flexibility index (Phi) is 5.79. The van der Waals surface area contributed by atoms with Crippen LogP contribution in [-0.4, -0.2) is 33.0 Å². The van der Waals surface area contributed by atoms with Crippen LogP contribution < -0.4 is 10.1 Å². The van der Waals surface area contributed by atoms with Crippen molar-refractivity contribution in [3.63, 3.8) is 0 Å². The standard InChI is InChI=1S/C26H24ClN5O2/c1-16-8-19(5-7-23(16)34-20-11-18(27)12-28-13-20)31-25-21-9-17(4-6-22(21)29-15-30-25)10-24-32-26(2,3)14-33-24/h4-9,11-13,15H,10,14H2,1-3H3,(H,29,30,31). The van der Waals surface area contributed by atoms with Gasteiger partial charge < -0.3 is 14.8 Å². The van der Waals surface area contributed by atoms with Crippen LogP contribution in [0.1, 0.15) is 25.0 Å². The number of hydrogen-bond donors (Lipinski definition) is 1. The number of nitrogens with zero attached hydrogens (tertiary/aromatic N) is 4. The number of aliphatic imine (C=N–C) groups is 1. The molecule has 1 aliphatic heterocycles. The van der Waals surface area contributed by atoms with Crippen molar-refractivity contribution in [1.82, 2.24) is 15.0 Å². The van der Waals surface area contributed by atoms with E-state index in [0.717, 1.165) is 45.2 Å². The predicted octanol–water partition coefficient (Wildman–Crippen LogP) is 6.27. The van der Waals surface area contributed by atoms with Crippen molar-refractivity contribution in [3.8, 4) is 11.5 Å². The fraction of sp³-hybridized carbons (Fsp3) is 0.231. The van der Waals surface area contributed by atoms with E-state index in [-0.39, 0.29) is 5.54 Å². The van der Waals surface area contributed by atoms with Gasteiger partial charge in [0.05, 0.1) is 22.3 Å². The van der Waals surface area contributed by atoms with Crippen LogP contribution in [0.5, 0.6) is 11.5 Å². The second-order valence-corrected chi connectivity index (χ2v) is 9.34. The molecule has 0 spiro atoms. The molecule has 0 saturated carbocycles. The number of aryl methyl sites for hydroxylation is 1. The Morgan fingerprint density at radius 1 is 1.09 bits per heavy atom. The fourth-order valence-electron chi connectivity index (χ4n) is 3.79. The zero-order valence-corrected chi connectivity index (χ0v) is 19.9. The number of aromatic nitrogens is 3. The van der Waals surface area contributed by atoms with E-state index in [4.69, 9.17) is 21.1 Å². The third-order valence-electron chi connectivity index (χ3n) is 5.42. The average Bonchev–Trinajstić information content (AvgIpc) is 3.14. The van der Waals surface area contributed by atoms with Gasteiger partial charge in [0.1, 0.15) is 30.3 Å². The number of pyridine rings is 1. The van der Waals surface area contributed by atoms with Gasteiger partial charge in [-0.05, 0) is 62.2 Å². The number of nitrogens with one attached hydrogen (secondary N) is 1. The highest BCUT2D eigenvalue weighted by Crippen LogP contribution is 2.31. The molecule has 34 heavy (non-hydrogen) atoms. The largest absolute Gasteiger partial charge is 0.478 e. The van der Waals surface area contributed by atoms with Crippen molar-refractivity contribution in [1.29, 1.82) is 0 Å². The van der Waals surface area contributed by atoms with Crippen molar-refractivity contribution >= 4 is 39.9 Å². The van der Waals surface area contributed by atoms with E-state index in [2.05, 4.69) is 51.2 Å². The van der Waals surface area contributed by atoms with Gasteiger partial charge in [0, 0.05) is 29.8 Å². The van der Waals surface area contributed by atoms with Gasteiger partial charge >= 0.3 is 0 Å². The molecule has 3 heterocycles. The first-order chi connectivity index (χ1) is 16.3. The van der Waals surface area contributed by atoms with Crippen LogP contribution >= 0.6 is 11.6 Å². The Hall–Kier alpha value is -3.71. The SMILES string of the molecule is Cc1cc(Nc2ncnc3ccc(CC4=NC(C)(C)CO4)cc23)ccc1Oc1cncc(Cl)c1. The quantitative estimate of drug-likeness (QED) is 0.355. The predicted molar refractivity (Wildman–Crippen MR) is 134 cm³/mol. The van der Waals surface area contributed by atoms with Gasteiger partial charge in [0.25, 0.3) is 0 Å². The molecule has 0 amide bonds. The zero-order chi connectivity index (χ0) is 23.7. The Bertz CT molecular complexity index is 1400. The van der Waals surface area contributed by atoms with Gasteiger partial charge in [-0.1, -0.05) is 17.7 Å². The van der Waals surface area contributed by atoms with E-state index in [0.29, 0.717) is 23.8 Å². The maximum Gasteiger partial charge on any atom is 0.188 e. The summed E-state index contributed by atoms with van der Waals surface area (Å²) in [6.45, 7) is 6.73. The molecular weight excluding hydrogens is 450 g/mol. The zero-order valence-electron chi connectivity index (χ0n) is 19.2. The molecular formula is C26H24ClN5O2. The number of halogens is 1. The van der Waals surface area contributed by atoms with Crippen molar-refractivity contribution in [2.45, 2.75) is 32.7 Å². The molecule has 0 fully saturated rings. The topological polar surface area (TPSA) is 81.5 Å². The van der Waals surface area contributed by atoms with Gasteiger partial charge in [-0.2, -0.15) is 0 Å². The molecule has 1 N–H and O–H groups in total. The third kappa shape index (κ3) is 4.94. The van der Waals surface area contributed by atoms with E-state index in [9.17, 15) is 0 Å². The van der Waals surface area contributed by atoms with Gasteiger partial charge in [-0.25, -0.2) is 15.0 Å². The van der Waals surface area contributed by atoms with Crippen LogP contribution in [0.2, 0.25) is 5.02 Å². The molecule has 0 atom stereocenters. The minimum absolute atomic E-state index is 0.168. The summed E-state index contributed by atoms with van der Waals surface area (Å²) in [4.78, 5) is 17.6. The van der Waals surface area contributed by atoms with E-state index < -0.39 is 0 Å². The van der Waals surface area contributed by atoms with Crippen molar-refractivity contribution in [3.05, 3.63) is 77.3 Å². The first-order valence-electron chi connectivity index (χ1n) is 11.0. The lowest BCUT2D eigenvalue weighted by Crippen LogP contribution is -2.17. The third-order valence-corrected chi connectivity index (χ3v) is 5.63. The van der Waals surface area contributed by atoms with E-state index in [1.54, 1.807) is 24.8 Å².